The van der Waals surface area contributed by atoms with Crippen molar-refractivity contribution in [3.8, 4) is 5.75 Å². The SMILES string of the molecule is Cc1nc([C@@H]2CCCN2Cc2ccc(O)cc2)nc2c1CCC(=O)N2CC1CCCCC1. The fourth-order valence-electron chi connectivity index (χ4n) is 5.71. The molecule has 1 aromatic carbocycles. The zero-order valence-electron chi connectivity index (χ0n) is 19.1. The number of aromatic nitrogens is 2. The summed E-state index contributed by atoms with van der Waals surface area (Å²) in [5.74, 6) is 2.85. The van der Waals surface area contributed by atoms with E-state index in [9.17, 15) is 9.90 Å². The van der Waals surface area contributed by atoms with E-state index in [-0.39, 0.29) is 11.9 Å². The van der Waals surface area contributed by atoms with Gasteiger partial charge in [0, 0.05) is 30.8 Å². The molecule has 32 heavy (non-hydrogen) atoms. The molecule has 1 atom stereocenters. The van der Waals surface area contributed by atoms with Crippen LogP contribution in [-0.4, -0.2) is 39.0 Å². The summed E-state index contributed by atoms with van der Waals surface area (Å²) in [6.07, 6.45) is 9.80. The molecule has 1 aliphatic carbocycles. The molecule has 6 nitrogen and oxygen atoms in total. The van der Waals surface area contributed by atoms with E-state index in [2.05, 4.69) is 11.8 Å². The van der Waals surface area contributed by atoms with Gasteiger partial charge in [-0.2, -0.15) is 0 Å². The van der Waals surface area contributed by atoms with Gasteiger partial charge >= 0.3 is 0 Å². The maximum atomic E-state index is 12.9. The summed E-state index contributed by atoms with van der Waals surface area (Å²) in [6.45, 7) is 4.71. The van der Waals surface area contributed by atoms with Crippen LogP contribution in [0.15, 0.2) is 24.3 Å². The van der Waals surface area contributed by atoms with Gasteiger partial charge in [-0.1, -0.05) is 31.4 Å². The van der Waals surface area contributed by atoms with Crippen molar-refractivity contribution in [1.82, 2.24) is 14.9 Å². The van der Waals surface area contributed by atoms with E-state index in [1.54, 1.807) is 12.1 Å². The number of anilines is 1. The number of carbonyl (C=O) groups excluding carboxylic acids is 1. The second kappa shape index (κ2) is 9.18. The number of likely N-dealkylation sites (tertiary alicyclic amines) is 1. The smallest absolute Gasteiger partial charge is 0.228 e. The summed E-state index contributed by atoms with van der Waals surface area (Å²) >= 11 is 0. The molecule has 0 bridgehead atoms. The predicted octanol–water partition coefficient (Wildman–Crippen LogP) is 4.69. The van der Waals surface area contributed by atoms with Gasteiger partial charge in [-0.05, 0) is 69.2 Å². The summed E-state index contributed by atoms with van der Waals surface area (Å²) in [6, 6.07) is 7.62. The van der Waals surface area contributed by atoms with Crippen molar-refractivity contribution in [3.63, 3.8) is 0 Å². The van der Waals surface area contributed by atoms with Crippen LogP contribution in [0.3, 0.4) is 0 Å². The normalized spacial score (nSPS) is 22.3. The summed E-state index contributed by atoms with van der Waals surface area (Å²) < 4.78 is 0. The van der Waals surface area contributed by atoms with E-state index in [4.69, 9.17) is 9.97 Å². The van der Waals surface area contributed by atoms with Crippen LogP contribution >= 0.6 is 0 Å². The van der Waals surface area contributed by atoms with Crippen molar-refractivity contribution in [2.75, 3.05) is 18.0 Å². The molecule has 3 heterocycles. The first kappa shape index (κ1) is 21.4. The highest BCUT2D eigenvalue weighted by atomic mass is 16.3. The van der Waals surface area contributed by atoms with Crippen LogP contribution in [-0.2, 0) is 17.8 Å². The number of aryl methyl sites for hydroxylation is 1. The van der Waals surface area contributed by atoms with Crippen molar-refractivity contribution >= 4 is 11.7 Å². The molecule has 0 radical (unpaired) electrons. The summed E-state index contributed by atoms with van der Waals surface area (Å²) in [4.78, 5) is 27.4. The lowest BCUT2D eigenvalue weighted by Crippen LogP contribution is -2.40. The fourth-order valence-corrected chi connectivity index (χ4v) is 5.71. The average Bonchev–Trinajstić information content (AvgIpc) is 3.26. The molecule has 1 saturated carbocycles. The monoisotopic (exact) mass is 434 g/mol. The van der Waals surface area contributed by atoms with Crippen LogP contribution in [0.5, 0.6) is 5.75 Å². The molecule has 0 spiro atoms. The van der Waals surface area contributed by atoms with Gasteiger partial charge in [-0.15, -0.1) is 0 Å². The van der Waals surface area contributed by atoms with Crippen LogP contribution in [0.4, 0.5) is 5.82 Å². The minimum absolute atomic E-state index is 0.168. The van der Waals surface area contributed by atoms with E-state index >= 15 is 0 Å². The van der Waals surface area contributed by atoms with E-state index in [1.807, 2.05) is 17.0 Å². The number of aromatic hydroxyl groups is 1. The number of fused-ring (bicyclic) bond motifs is 1. The van der Waals surface area contributed by atoms with Gasteiger partial charge in [-0.25, -0.2) is 9.97 Å². The maximum absolute atomic E-state index is 12.9. The van der Waals surface area contributed by atoms with Crippen molar-refractivity contribution in [1.29, 1.82) is 0 Å². The Bertz CT molecular complexity index is 969. The molecule has 1 aromatic heterocycles. The molecule has 3 aliphatic rings. The number of hydrogen-bond donors (Lipinski definition) is 1. The predicted molar refractivity (Wildman–Crippen MR) is 125 cm³/mol. The first-order chi connectivity index (χ1) is 15.6. The van der Waals surface area contributed by atoms with Gasteiger partial charge in [0.25, 0.3) is 0 Å². The largest absolute Gasteiger partial charge is 0.508 e. The van der Waals surface area contributed by atoms with Gasteiger partial charge in [0.2, 0.25) is 5.91 Å². The Morgan fingerprint density at radius 1 is 1.00 bits per heavy atom. The highest BCUT2D eigenvalue weighted by Crippen LogP contribution is 2.36. The Morgan fingerprint density at radius 3 is 2.56 bits per heavy atom. The van der Waals surface area contributed by atoms with Crippen molar-refractivity contribution in [2.45, 2.75) is 77.3 Å². The minimum atomic E-state index is 0.168. The highest BCUT2D eigenvalue weighted by molar-refractivity contribution is 5.95. The van der Waals surface area contributed by atoms with Gasteiger partial charge < -0.3 is 5.11 Å². The van der Waals surface area contributed by atoms with Gasteiger partial charge in [-0.3, -0.25) is 14.6 Å². The molecule has 1 amide bonds. The first-order valence-corrected chi connectivity index (χ1v) is 12.3. The standard InChI is InChI=1S/C26H34N4O2/c1-18-22-13-14-24(32)30(17-19-6-3-2-4-7-19)26(22)28-25(27-18)23-8-5-15-29(23)16-20-9-11-21(31)12-10-20/h9-12,19,23,31H,2-8,13-17H2,1H3/t23-/m0/s1. The fraction of sp³-hybridized carbons (Fsp3) is 0.577. The lowest BCUT2D eigenvalue weighted by Gasteiger charge is -2.34. The van der Waals surface area contributed by atoms with E-state index < -0.39 is 0 Å². The molecule has 0 unspecified atom stereocenters. The highest BCUT2D eigenvalue weighted by Gasteiger charge is 2.34. The molecular weight excluding hydrogens is 400 g/mol. The van der Waals surface area contributed by atoms with Crippen LogP contribution in [0.1, 0.15) is 80.1 Å². The molecule has 5 rings (SSSR count). The first-order valence-electron chi connectivity index (χ1n) is 12.3. The Morgan fingerprint density at radius 2 is 1.78 bits per heavy atom. The lowest BCUT2D eigenvalue weighted by molar-refractivity contribution is -0.119. The number of nitrogens with zero attached hydrogens (tertiary/aromatic N) is 4. The topological polar surface area (TPSA) is 69.6 Å². The quantitative estimate of drug-likeness (QED) is 0.739. The molecule has 2 aliphatic heterocycles. The average molecular weight is 435 g/mol. The van der Waals surface area contributed by atoms with Crippen LogP contribution < -0.4 is 4.90 Å². The summed E-state index contributed by atoms with van der Waals surface area (Å²) in [5.41, 5.74) is 3.37. The molecule has 170 valence electrons. The minimum Gasteiger partial charge on any atom is -0.508 e. The molecule has 1 N–H and O–H groups in total. The molecular formula is C26H34N4O2. The summed E-state index contributed by atoms with van der Waals surface area (Å²) in [7, 11) is 0. The second-order valence-corrected chi connectivity index (χ2v) is 9.77. The van der Waals surface area contributed by atoms with Crippen molar-refractivity contribution in [3.05, 3.63) is 46.9 Å². The summed E-state index contributed by atoms with van der Waals surface area (Å²) in [5, 5.41) is 9.59. The van der Waals surface area contributed by atoms with Gasteiger partial charge in [0.15, 0.2) is 0 Å². The zero-order valence-corrected chi connectivity index (χ0v) is 19.1. The number of phenolic OH excluding ortho intramolecular Hbond substituents is 1. The molecule has 1 saturated heterocycles. The van der Waals surface area contributed by atoms with E-state index in [0.29, 0.717) is 18.1 Å². The number of hydrogen-bond acceptors (Lipinski definition) is 5. The lowest BCUT2D eigenvalue weighted by atomic mass is 9.88. The third-order valence-electron chi connectivity index (χ3n) is 7.50. The van der Waals surface area contributed by atoms with Crippen LogP contribution in [0, 0.1) is 12.8 Å². The number of carbonyl (C=O) groups is 1. The Balaban J connectivity index is 1.41. The number of benzene rings is 1. The second-order valence-electron chi connectivity index (χ2n) is 9.77. The Labute approximate surface area is 190 Å². The molecule has 6 heteroatoms. The Hall–Kier alpha value is -2.47. The van der Waals surface area contributed by atoms with Crippen molar-refractivity contribution in [2.24, 2.45) is 5.92 Å². The maximum Gasteiger partial charge on any atom is 0.228 e. The zero-order chi connectivity index (χ0) is 22.1. The van der Waals surface area contributed by atoms with E-state index in [1.165, 1.54) is 37.7 Å². The molecule has 2 fully saturated rings. The Kier molecular flexibility index (Phi) is 6.13. The third kappa shape index (κ3) is 4.38. The third-order valence-corrected chi connectivity index (χ3v) is 7.50. The van der Waals surface area contributed by atoms with Crippen LogP contribution in [0.25, 0.3) is 0 Å². The van der Waals surface area contributed by atoms with Crippen LogP contribution in [0.2, 0.25) is 0 Å². The number of phenols is 1. The van der Waals surface area contributed by atoms with Gasteiger partial charge in [0.05, 0.1) is 6.04 Å². The van der Waals surface area contributed by atoms with E-state index in [0.717, 1.165) is 61.8 Å². The van der Waals surface area contributed by atoms with Gasteiger partial charge in [0.1, 0.15) is 17.4 Å². The molecule has 2 aromatic rings. The number of amides is 1. The number of rotatable bonds is 5. The van der Waals surface area contributed by atoms with Crippen molar-refractivity contribution < 1.29 is 9.90 Å².